The van der Waals surface area contributed by atoms with Crippen LogP contribution < -0.4 is 11.1 Å². The number of benzene rings is 1. The molecule has 0 aromatic heterocycles. The van der Waals surface area contributed by atoms with Gasteiger partial charge in [0.1, 0.15) is 0 Å². The van der Waals surface area contributed by atoms with Crippen molar-refractivity contribution in [2.24, 2.45) is 5.73 Å². The van der Waals surface area contributed by atoms with Crippen molar-refractivity contribution in [2.75, 3.05) is 0 Å². The second kappa shape index (κ2) is 8.32. The van der Waals surface area contributed by atoms with Crippen LogP contribution in [0.3, 0.4) is 0 Å². The van der Waals surface area contributed by atoms with Crippen LogP contribution in [0.25, 0.3) is 0 Å². The molecule has 5 heteroatoms. The van der Waals surface area contributed by atoms with Gasteiger partial charge in [0.05, 0.1) is 12.5 Å². The van der Waals surface area contributed by atoms with E-state index in [1.54, 1.807) is 12.1 Å². The third kappa shape index (κ3) is 5.40. The highest BCUT2D eigenvalue weighted by Gasteiger charge is 2.13. The molecule has 0 aliphatic carbocycles. The summed E-state index contributed by atoms with van der Waals surface area (Å²) in [5.74, 6) is -1.08. The molecule has 1 atom stereocenters. The Morgan fingerprint density at radius 1 is 1.30 bits per heavy atom. The standard InChI is InChI=1S/C15H22N2O3/c1-2-3-8-13(16)15(20)17-10-12-7-5-4-6-11(12)9-14(18)19/h4-7,13H,2-3,8-10,16H2,1H3,(H,17,20)(H,18,19)/t13-/m0/s1. The number of carbonyl (C=O) groups excluding carboxylic acids is 1. The Kier molecular flexibility index (Phi) is 6.73. The molecule has 5 nitrogen and oxygen atoms in total. The molecular formula is C15H22N2O3. The molecule has 0 aliphatic rings. The minimum absolute atomic E-state index is 0.0477. The molecule has 0 spiro atoms. The Balaban J connectivity index is 2.56. The fourth-order valence-corrected chi connectivity index (χ4v) is 1.93. The number of hydrogen-bond donors (Lipinski definition) is 3. The Labute approximate surface area is 119 Å². The van der Waals surface area contributed by atoms with Gasteiger partial charge in [-0.1, -0.05) is 44.0 Å². The molecule has 0 radical (unpaired) electrons. The molecule has 0 fully saturated rings. The average molecular weight is 278 g/mol. The lowest BCUT2D eigenvalue weighted by Gasteiger charge is -2.13. The highest BCUT2D eigenvalue weighted by Crippen LogP contribution is 2.09. The highest BCUT2D eigenvalue weighted by atomic mass is 16.4. The minimum Gasteiger partial charge on any atom is -0.481 e. The van der Waals surface area contributed by atoms with E-state index in [-0.39, 0.29) is 12.3 Å². The Morgan fingerprint density at radius 3 is 2.55 bits per heavy atom. The lowest BCUT2D eigenvalue weighted by atomic mass is 10.0. The van der Waals surface area contributed by atoms with Crippen LogP contribution in [0.1, 0.15) is 37.3 Å². The van der Waals surface area contributed by atoms with Gasteiger partial charge < -0.3 is 16.2 Å². The summed E-state index contributed by atoms with van der Waals surface area (Å²) >= 11 is 0. The minimum atomic E-state index is -0.886. The molecule has 0 bridgehead atoms. The first kappa shape index (κ1) is 16.2. The van der Waals surface area contributed by atoms with Crippen LogP contribution in [0.4, 0.5) is 0 Å². The third-order valence-electron chi connectivity index (χ3n) is 3.12. The topological polar surface area (TPSA) is 92.4 Å². The van der Waals surface area contributed by atoms with Crippen molar-refractivity contribution < 1.29 is 14.7 Å². The summed E-state index contributed by atoms with van der Waals surface area (Å²) in [7, 11) is 0. The molecule has 0 heterocycles. The van der Waals surface area contributed by atoms with Crippen LogP contribution in [0, 0.1) is 0 Å². The molecule has 0 saturated carbocycles. The average Bonchev–Trinajstić information content (AvgIpc) is 2.42. The van der Waals surface area contributed by atoms with Crippen LogP contribution >= 0.6 is 0 Å². The smallest absolute Gasteiger partial charge is 0.307 e. The Bertz CT molecular complexity index is 460. The van der Waals surface area contributed by atoms with Crippen LogP contribution in [-0.2, 0) is 22.6 Å². The quantitative estimate of drug-likeness (QED) is 0.671. The molecular weight excluding hydrogens is 256 g/mol. The van der Waals surface area contributed by atoms with Gasteiger partial charge in [0.2, 0.25) is 5.91 Å². The zero-order chi connectivity index (χ0) is 15.0. The number of carbonyl (C=O) groups is 2. The summed E-state index contributed by atoms with van der Waals surface area (Å²) in [6.07, 6.45) is 2.54. The SMILES string of the molecule is CCCC[C@H](N)C(=O)NCc1ccccc1CC(=O)O. The molecule has 1 aromatic carbocycles. The van der Waals surface area contributed by atoms with Gasteiger partial charge in [0.25, 0.3) is 0 Å². The van der Waals surface area contributed by atoms with Gasteiger partial charge in [-0.05, 0) is 17.5 Å². The second-order valence-electron chi connectivity index (χ2n) is 4.81. The van der Waals surface area contributed by atoms with E-state index in [0.29, 0.717) is 18.5 Å². The summed E-state index contributed by atoms with van der Waals surface area (Å²) in [6, 6.07) is 6.69. The summed E-state index contributed by atoms with van der Waals surface area (Å²) in [6.45, 7) is 2.36. The summed E-state index contributed by atoms with van der Waals surface area (Å²) < 4.78 is 0. The lowest BCUT2D eigenvalue weighted by Crippen LogP contribution is -2.40. The Hall–Kier alpha value is -1.88. The zero-order valence-corrected chi connectivity index (χ0v) is 11.8. The molecule has 4 N–H and O–H groups in total. The third-order valence-corrected chi connectivity index (χ3v) is 3.12. The van der Waals surface area contributed by atoms with E-state index < -0.39 is 12.0 Å². The summed E-state index contributed by atoms with van der Waals surface area (Å²) in [4.78, 5) is 22.6. The van der Waals surface area contributed by atoms with Crippen molar-refractivity contribution in [1.29, 1.82) is 0 Å². The number of rotatable bonds is 8. The molecule has 0 saturated heterocycles. The predicted molar refractivity (Wildman–Crippen MR) is 77.1 cm³/mol. The summed E-state index contributed by atoms with van der Waals surface area (Å²) in [5.41, 5.74) is 7.30. The zero-order valence-electron chi connectivity index (χ0n) is 11.8. The number of unbranched alkanes of at least 4 members (excludes halogenated alkanes) is 1. The van der Waals surface area contributed by atoms with Gasteiger partial charge in [-0.15, -0.1) is 0 Å². The van der Waals surface area contributed by atoms with Gasteiger partial charge in [0.15, 0.2) is 0 Å². The van der Waals surface area contributed by atoms with E-state index in [0.717, 1.165) is 18.4 Å². The van der Waals surface area contributed by atoms with Gasteiger partial charge in [-0.3, -0.25) is 9.59 Å². The monoisotopic (exact) mass is 278 g/mol. The van der Waals surface area contributed by atoms with Crippen molar-refractivity contribution in [3.8, 4) is 0 Å². The number of hydrogen-bond acceptors (Lipinski definition) is 3. The van der Waals surface area contributed by atoms with E-state index in [9.17, 15) is 9.59 Å². The van der Waals surface area contributed by atoms with Crippen molar-refractivity contribution in [3.05, 3.63) is 35.4 Å². The number of amides is 1. The van der Waals surface area contributed by atoms with E-state index >= 15 is 0 Å². The molecule has 1 amide bonds. The van der Waals surface area contributed by atoms with E-state index in [2.05, 4.69) is 5.32 Å². The van der Waals surface area contributed by atoms with Crippen molar-refractivity contribution >= 4 is 11.9 Å². The predicted octanol–water partition coefficient (Wildman–Crippen LogP) is 1.45. The van der Waals surface area contributed by atoms with Crippen molar-refractivity contribution in [3.63, 3.8) is 0 Å². The highest BCUT2D eigenvalue weighted by molar-refractivity contribution is 5.81. The van der Waals surface area contributed by atoms with Crippen LogP contribution in [-0.4, -0.2) is 23.0 Å². The van der Waals surface area contributed by atoms with E-state index in [1.165, 1.54) is 0 Å². The molecule has 20 heavy (non-hydrogen) atoms. The first-order valence-corrected chi connectivity index (χ1v) is 6.86. The fraction of sp³-hybridized carbons (Fsp3) is 0.467. The maximum Gasteiger partial charge on any atom is 0.307 e. The van der Waals surface area contributed by atoms with Crippen molar-refractivity contribution in [2.45, 2.75) is 45.2 Å². The molecule has 0 unspecified atom stereocenters. The largest absolute Gasteiger partial charge is 0.481 e. The Morgan fingerprint density at radius 2 is 1.95 bits per heavy atom. The first-order valence-electron chi connectivity index (χ1n) is 6.86. The van der Waals surface area contributed by atoms with Crippen molar-refractivity contribution in [1.82, 2.24) is 5.32 Å². The summed E-state index contributed by atoms with van der Waals surface area (Å²) in [5, 5.41) is 11.6. The van der Waals surface area contributed by atoms with E-state index in [1.807, 2.05) is 19.1 Å². The number of carboxylic acids is 1. The van der Waals surface area contributed by atoms with Gasteiger partial charge >= 0.3 is 5.97 Å². The molecule has 0 aliphatic heterocycles. The van der Waals surface area contributed by atoms with Crippen LogP contribution in [0.5, 0.6) is 0 Å². The fourth-order valence-electron chi connectivity index (χ4n) is 1.93. The number of nitrogens with one attached hydrogen (secondary N) is 1. The number of carboxylic acid groups (broad SMARTS) is 1. The normalized spacial score (nSPS) is 11.9. The molecule has 1 aromatic rings. The van der Waals surface area contributed by atoms with Gasteiger partial charge in [0, 0.05) is 6.54 Å². The maximum atomic E-state index is 11.8. The molecule has 1 rings (SSSR count). The molecule has 110 valence electrons. The van der Waals surface area contributed by atoms with Gasteiger partial charge in [-0.2, -0.15) is 0 Å². The number of aliphatic carboxylic acids is 1. The maximum absolute atomic E-state index is 11.8. The number of nitrogens with two attached hydrogens (primary N) is 1. The van der Waals surface area contributed by atoms with E-state index in [4.69, 9.17) is 10.8 Å². The second-order valence-corrected chi connectivity index (χ2v) is 4.81. The first-order chi connectivity index (χ1) is 9.54. The van der Waals surface area contributed by atoms with Crippen LogP contribution in [0.2, 0.25) is 0 Å². The van der Waals surface area contributed by atoms with Gasteiger partial charge in [-0.25, -0.2) is 0 Å². The lowest BCUT2D eigenvalue weighted by molar-refractivity contribution is -0.136. The van der Waals surface area contributed by atoms with Crippen LogP contribution in [0.15, 0.2) is 24.3 Å².